The van der Waals surface area contributed by atoms with Crippen molar-refractivity contribution in [2.24, 2.45) is 0 Å². The van der Waals surface area contributed by atoms with E-state index in [-0.39, 0.29) is 23.0 Å². The number of rotatable bonds is 12. The van der Waals surface area contributed by atoms with E-state index in [0.717, 1.165) is 19.2 Å². The molecule has 1 atom stereocenters. The molecular weight excluding hydrogens is 602 g/mol. The molecule has 39 heavy (non-hydrogen) atoms. The van der Waals surface area contributed by atoms with Gasteiger partial charge in [-0.3, -0.25) is 13.9 Å². The van der Waals surface area contributed by atoms with Crippen LogP contribution in [0.25, 0.3) is 0 Å². The van der Waals surface area contributed by atoms with Crippen molar-refractivity contribution in [3.05, 3.63) is 82.8 Å². The first-order chi connectivity index (χ1) is 18.6. The van der Waals surface area contributed by atoms with E-state index < -0.39 is 28.5 Å². The van der Waals surface area contributed by atoms with Crippen molar-refractivity contribution in [3.8, 4) is 5.75 Å². The topological polar surface area (TPSA) is 96.0 Å². The minimum absolute atomic E-state index is 0.0400. The van der Waals surface area contributed by atoms with E-state index in [9.17, 15) is 18.0 Å². The number of sulfonamides is 1. The molecule has 1 N–H and O–H groups in total. The fourth-order valence-corrected chi connectivity index (χ4v) is 6.00. The lowest BCUT2D eigenvalue weighted by atomic mass is 10.1. The van der Waals surface area contributed by atoms with Crippen molar-refractivity contribution < 1.29 is 22.7 Å². The average Bonchev–Trinajstić information content (AvgIpc) is 2.95. The highest BCUT2D eigenvalue weighted by molar-refractivity contribution is 9.10. The predicted molar refractivity (Wildman–Crippen MR) is 159 cm³/mol. The van der Waals surface area contributed by atoms with Crippen LogP contribution in [-0.2, 0) is 26.2 Å². The summed E-state index contributed by atoms with van der Waals surface area (Å²) in [6.07, 6.45) is 1.90. The summed E-state index contributed by atoms with van der Waals surface area (Å²) in [6, 6.07) is 19.7. The van der Waals surface area contributed by atoms with Gasteiger partial charge in [-0.1, -0.05) is 40.2 Å². The predicted octanol–water partition coefficient (Wildman–Crippen LogP) is 4.93. The van der Waals surface area contributed by atoms with E-state index in [1.54, 1.807) is 50.2 Å². The number of amides is 2. The van der Waals surface area contributed by atoms with Crippen molar-refractivity contribution in [1.29, 1.82) is 0 Å². The Labute approximate surface area is 242 Å². The molecule has 3 aromatic carbocycles. The maximum absolute atomic E-state index is 14.0. The molecule has 2 amide bonds. The number of carbonyl (C=O) groups is 2. The number of ether oxygens (including phenoxy) is 1. The molecule has 0 radical (unpaired) electrons. The normalized spacial score (nSPS) is 11.9. The molecule has 0 bridgehead atoms. The number of benzene rings is 3. The van der Waals surface area contributed by atoms with Gasteiger partial charge in [0.25, 0.3) is 10.0 Å². The molecule has 3 aromatic rings. The SMILES string of the molecule is CCOc1ccccc1N(CC(=O)N(Cc1ccc(Br)cc1)[C@H](C)C(=O)NC)S(=O)(=O)c1ccc(SC)cc1. The molecule has 0 aliphatic heterocycles. The van der Waals surface area contributed by atoms with Crippen LogP contribution in [0.5, 0.6) is 5.75 Å². The number of hydrogen-bond acceptors (Lipinski definition) is 6. The van der Waals surface area contributed by atoms with Crippen molar-refractivity contribution in [3.63, 3.8) is 0 Å². The Bertz CT molecular complexity index is 1380. The Morgan fingerprint density at radius 1 is 1.03 bits per heavy atom. The highest BCUT2D eigenvalue weighted by Crippen LogP contribution is 2.33. The monoisotopic (exact) mass is 633 g/mol. The third kappa shape index (κ3) is 7.55. The number of carbonyl (C=O) groups excluding carboxylic acids is 2. The molecule has 0 aromatic heterocycles. The number of likely N-dealkylation sites (N-methyl/N-ethyl adjacent to an activating group) is 1. The Morgan fingerprint density at radius 2 is 1.67 bits per heavy atom. The Kier molecular flexibility index (Phi) is 10.8. The van der Waals surface area contributed by atoms with Gasteiger partial charge in [0.2, 0.25) is 11.8 Å². The van der Waals surface area contributed by atoms with Gasteiger partial charge in [0.05, 0.1) is 17.2 Å². The van der Waals surface area contributed by atoms with Gasteiger partial charge in [-0.25, -0.2) is 8.42 Å². The maximum Gasteiger partial charge on any atom is 0.264 e. The summed E-state index contributed by atoms with van der Waals surface area (Å²) < 4.78 is 35.7. The lowest BCUT2D eigenvalue weighted by molar-refractivity contribution is -0.139. The summed E-state index contributed by atoms with van der Waals surface area (Å²) in [5.74, 6) is -0.571. The van der Waals surface area contributed by atoms with Crippen molar-refractivity contribution >= 4 is 55.2 Å². The third-order valence-corrected chi connectivity index (χ3v) is 9.09. The zero-order valence-corrected chi connectivity index (χ0v) is 25.5. The number of anilines is 1. The lowest BCUT2D eigenvalue weighted by Gasteiger charge is -2.32. The molecule has 0 aliphatic rings. The summed E-state index contributed by atoms with van der Waals surface area (Å²) in [5.41, 5.74) is 1.02. The van der Waals surface area contributed by atoms with Crippen LogP contribution in [0.1, 0.15) is 19.4 Å². The smallest absolute Gasteiger partial charge is 0.264 e. The van der Waals surface area contributed by atoms with Crippen LogP contribution in [-0.4, -0.2) is 57.6 Å². The van der Waals surface area contributed by atoms with E-state index in [2.05, 4.69) is 21.2 Å². The molecule has 208 valence electrons. The van der Waals surface area contributed by atoms with Crippen LogP contribution in [0.2, 0.25) is 0 Å². The minimum atomic E-state index is -4.19. The van der Waals surface area contributed by atoms with E-state index in [1.165, 1.54) is 35.8 Å². The summed E-state index contributed by atoms with van der Waals surface area (Å²) in [7, 11) is -2.69. The molecule has 0 fully saturated rings. The number of thioether (sulfide) groups is 1. The molecule has 0 unspecified atom stereocenters. The molecule has 0 heterocycles. The fourth-order valence-electron chi connectivity index (χ4n) is 3.91. The van der Waals surface area contributed by atoms with Gasteiger partial charge in [-0.15, -0.1) is 11.8 Å². The number of nitrogens with one attached hydrogen (secondary N) is 1. The van der Waals surface area contributed by atoms with E-state index in [1.807, 2.05) is 30.5 Å². The van der Waals surface area contributed by atoms with Crippen LogP contribution >= 0.6 is 27.7 Å². The van der Waals surface area contributed by atoms with E-state index >= 15 is 0 Å². The van der Waals surface area contributed by atoms with Gasteiger partial charge in [0.1, 0.15) is 18.3 Å². The number of nitrogens with zero attached hydrogens (tertiary/aromatic N) is 2. The first-order valence-electron chi connectivity index (χ1n) is 12.3. The van der Waals surface area contributed by atoms with Crippen LogP contribution in [0.15, 0.2) is 87.1 Å². The lowest BCUT2D eigenvalue weighted by Crippen LogP contribution is -2.50. The second-order valence-corrected chi connectivity index (χ2v) is 12.2. The second kappa shape index (κ2) is 13.9. The average molecular weight is 635 g/mol. The number of halogens is 1. The molecule has 0 saturated heterocycles. The third-order valence-electron chi connectivity index (χ3n) is 6.04. The molecule has 3 rings (SSSR count). The van der Waals surface area contributed by atoms with Crippen molar-refractivity contribution in [1.82, 2.24) is 10.2 Å². The first kappa shape index (κ1) is 30.5. The van der Waals surface area contributed by atoms with Gasteiger partial charge < -0.3 is 15.0 Å². The Balaban J connectivity index is 2.08. The zero-order valence-electron chi connectivity index (χ0n) is 22.3. The van der Waals surface area contributed by atoms with Crippen LogP contribution < -0.4 is 14.4 Å². The molecule has 8 nitrogen and oxygen atoms in total. The largest absolute Gasteiger partial charge is 0.492 e. The summed E-state index contributed by atoms with van der Waals surface area (Å²) in [4.78, 5) is 28.8. The van der Waals surface area contributed by atoms with Gasteiger partial charge in [-0.2, -0.15) is 0 Å². The Morgan fingerprint density at radius 3 is 2.26 bits per heavy atom. The summed E-state index contributed by atoms with van der Waals surface area (Å²) in [6.45, 7) is 3.31. The van der Waals surface area contributed by atoms with Crippen LogP contribution in [0, 0.1) is 0 Å². The van der Waals surface area contributed by atoms with Gasteiger partial charge in [-0.05, 0) is 74.2 Å². The zero-order chi connectivity index (χ0) is 28.6. The molecule has 0 saturated carbocycles. The molecule has 0 spiro atoms. The quantitative estimate of drug-likeness (QED) is 0.284. The number of para-hydroxylation sites is 2. The summed E-state index contributed by atoms with van der Waals surface area (Å²) >= 11 is 4.90. The molecule has 0 aliphatic carbocycles. The summed E-state index contributed by atoms with van der Waals surface area (Å²) in [5, 5.41) is 2.58. The molecule has 11 heteroatoms. The van der Waals surface area contributed by atoms with E-state index in [0.29, 0.717) is 12.4 Å². The first-order valence-corrected chi connectivity index (χ1v) is 15.7. The van der Waals surface area contributed by atoms with Gasteiger partial charge in [0, 0.05) is 23.0 Å². The van der Waals surface area contributed by atoms with Crippen LogP contribution in [0.3, 0.4) is 0 Å². The van der Waals surface area contributed by atoms with Gasteiger partial charge in [0.15, 0.2) is 0 Å². The highest BCUT2D eigenvalue weighted by atomic mass is 79.9. The Hall–Kier alpha value is -3.02. The van der Waals surface area contributed by atoms with Gasteiger partial charge >= 0.3 is 0 Å². The van der Waals surface area contributed by atoms with Crippen molar-refractivity contribution in [2.45, 2.75) is 36.2 Å². The second-order valence-electron chi connectivity index (χ2n) is 8.53. The fraction of sp³-hybridized carbons (Fsp3) is 0.286. The highest BCUT2D eigenvalue weighted by Gasteiger charge is 2.33. The van der Waals surface area contributed by atoms with E-state index in [4.69, 9.17) is 4.74 Å². The number of hydrogen-bond donors (Lipinski definition) is 1. The maximum atomic E-state index is 14.0. The molecular formula is C28H32BrN3O5S2. The standard InChI is InChI=1S/C28H32BrN3O5S2/c1-5-37-26-9-7-6-8-25(26)32(39(35,36)24-16-14-23(38-4)15-17-24)19-27(33)31(20(2)28(34)30-3)18-21-10-12-22(29)13-11-21/h6-17,20H,5,18-19H2,1-4H3,(H,30,34)/t20-/m1/s1. The minimum Gasteiger partial charge on any atom is -0.492 e. The van der Waals surface area contributed by atoms with Crippen molar-refractivity contribution in [2.75, 3.05) is 30.8 Å². The van der Waals surface area contributed by atoms with Crippen LogP contribution in [0.4, 0.5) is 5.69 Å².